The second-order valence-electron chi connectivity index (χ2n) is 6.28. The van der Waals surface area contributed by atoms with Gasteiger partial charge in [0.15, 0.2) is 0 Å². The third-order valence-electron chi connectivity index (χ3n) is 4.47. The molecule has 1 amide bonds. The molecule has 1 aromatic carbocycles. The average Bonchev–Trinajstić information content (AvgIpc) is 2.56. The van der Waals surface area contributed by atoms with Gasteiger partial charge in [0.05, 0.1) is 0 Å². The number of hydrogen-bond donors (Lipinski definition) is 1. The molecule has 23 heavy (non-hydrogen) atoms. The van der Waals surface area contributed by atoms with Crippen molar-refractivity contribution in [2.75, 3.05) is 19.6 Å². The lowest BCUT2D eigenvalue weighted by atomic mass is 9.99. The van der Waals surface area contributed by atoms with Crippen molar-refractivity contribution in [3.63, 3.8) is 0 Å². The van der Waals surface area contributed by atoms with E-state index in [1.165, 1.54) is 11.1 Å². The SMILES string of the molecule is Cc1ccccc1CCN/C=C(/C#N)C(=O)N1CCC(C)CC1. The van der Waals surface area contributed by atoms with Crippen LogP contribution in [-0.4, -0.2) is 30.4 Å². The van der Waals surface area contributed by atoms with Crippen LogP contribution in [0.15, 0.2) is 36.0 Å². The predicted molar refractivity (Wildman–Crippen MR) is 91.6 cm³/mol. The van der Waals surface area contributed by atoms with Crippen LogP contribution in [0.3, 0.4) is 0 Å². The minimum atomic E-state index is -0.150. The van der Waals surface area contributed by atoms with E-state index in [9.17, 15) is 10.1 Å². The number of carbonyl (C=O) groups excluding carboxylic acids is 1. The highest BCUT2D eigenvalue weighted by Crippen LogP contribution is 2.17. The minimum absolute atomic E-state index is 0.150. The van der Waals surface area contributed by atoms with Gasteiger partial charge in [0.1, 0.15) is 11.6 Å². The quantitative estimate of drug-likeness (QED) is 0.517. The first kappa shape index (κ1) is 17.1. The lowest BCUT2D eigenvalue weighted by Gasteiger charge is -2.30. The summed E-state index contributed by atoms with van der Waals surface area (Å²) >= 11 is 0. The second-order valence-corrected chi connectivity index (χ2v) is 6.28. The monoisotopic (exact) mass is 311 g/mol. The maximum absolute atomic E-state index is 12.3. The zero-order chi connectivity index (χ0) is 16.7. The van der Waals surface area contributed by atoms with Crippen molar-refractivity contribution in [1.82, 2.24) is 10.2 Å². The normalized spacial score (nSPS) is 16.0. The molecule has 1 heterocycles. The fourth-order valence-corrected chi connectivity index (χ4v) is 2.80. The molecule has 0 aromatic heterocycles. The van der Waals surface area contributed by atoms with E-state index >= 15 is 0 Å². The van der Waals surface area contributed by atoms with Gasteiger partial charge in [0, 0.05) is 25.8 Å². The zero-order valence-electron chi connectivity index (χ0n) is 14.0. The Kier molecular flexibility index (Phi) is 6.22. The fourth-order valence-electron chi connectivity index (χ4n) is 2.80. The van der Waals surface area contributed by atoms with Gasteiger partial charge in [-0.2, -0.15) is 5.26 Å². The van der Waals surface area contributed by atoms with Crippen molar-refractivity contribution >= 4 is 5.91 Å². The molecule has 0 radical (unpaired) electrons. The number of amides is 1. The van der Waals surface area contributed by atoms with E-state index in [0.717, 1.165) is 32.4 Å². The predicted octanol–water partition coefficient (Wildman–Crippen LogP) is 2.79. The Morgan fingerprint density at radius 1 is 1.39 bits per heavy atom. The van der Waals surface area contributed by atoms with Crippen LogP contribution in [0.2, 0.25) is 0 Å². The molecule has 0 saturated carbocycles. The van der Waals surface area contributed by atoms with Crippen LogP contribution in [0.4, 0.5) is 0 Å². The number of nitrogens with one attached hydrogen (secondary N) is 1. The smallest absolute Gasteiger partial charge is 0.265 e. The molecular weight excluding hydrogens is 286 g/mol. The topological polar surface area (TPSA) is 56.1 Å². The lowest BCUT2D eigenvalue weighted by Crippen LogP contribution is -2.38. The largest absolute Gasteiger partial charge is 0.389 e. The molecule has 0 unspecified atom stereocenters. The van der Waals surface area contributed by atoms with Crippen LogP contribution >= 0.6 is 0 Å². The molecule has 1 saturated heterocycles. The molecule has 0 atom stereocenters. The van der Waals surface area contributed by atoms with E-state index in [0.29, 0.717) is 12.5 Å². The van der Waals surface area contributed by atoms with E-state index in [1.807, 2.05) is 18.2 Å². The molecule has 4 heteroatoms. The minimum Gasteiger partial charge on any atom is -0.389 e. The molecule has 1 aliphatic heterocycles. The van der Waals surface area contributed by atoms with Gasteiger partial charge in [-0.3, -0.25) is 4.79 Å². The summed E-state index contributed by atoms with van der Waals surface area (Å²) in [5, 5.41) is 12.3. The van der Waals surface area contributed by atoms with Gasteiger partial charge in [0.2, 0.25) is 0 Å². The van der Waals surface area contributed by atoms with Crippen LogP contribution in [0.5, 0.6) is 0 Å². The van der Waals surface area contributed by atoms with Gasteiger partial charge < -0.3 is 10.2 Å². The molecule has 1 aromatic rings. The third-order valence-corrected chi connectivity index (χ3v) is 4.47. The van der Waals surface area contributed by atoms with E-state index in [2.05, 4.69) is 31.3 Å². The van der Waals surface area contributed by atoms with Crippen LogP contribution < -0.4 is 5.32 Å². The van der Waals surface area contributed by atoms with Crippen LogP contribution in [0, 0.1) is 24.2 Å². The number of piperidine rings is 1. The Morgan fingerprint density at radius 3 is 2.74 bits per heavy atom. The van der Waals surface area contributed by atoms with Gasteiger partial charge in [-0.15, -0.1) is 0 Å². The maximum atomic E-state index is 12.3. The van der Waals surface area contributed by atoms with Crippen molar-refractivity contribution in [2.45, 2.75) is 33.1 Å². The van der Waals surface area contributed by atoms with Crippen molar-refractivity contribution in [1.29, 1.82) is 5.26 Å². The Bertz CT molecular complexity index is 607. The summed E-state index contributed by atoms with van der Waals surface area (Å²) in [6.07, 6.45) is 4.48. The molecule has 1 fully saturated rings. The molecule has 1 aliphatic rings. The average molecular weight is 311 g/mol. The number of nitriles is 1. The Morgan fingerprint density at radius 2 is 2.09 bits per heavy atom. The molecule has 122 valence electrons. The highest BCUT2D eigenvalue weighted by molar-refractivity contribution is 5.97. The summed E-state index contributed by atoms with van der Waals surface area (Å²) in [6.45, 7) is 6.51. The van der Waals surface area contributed by atoms with E-state index < -0.39 is 0 Å². The Hall–Kier alpha value is -2.28. The van der Waals surface area contributed by atoms with Crippen LogP contribution in [-0.2, 0) is 11.2 Å². The summed E-state index contributed by atoms with van der Waals surface area (Å²) < 4.78 is 0. The highest BCUT2D eigenvalue weighted by Gasteiger charge is 2.22. The standard InChI is InChI=1S/C19H25N3O/c1-15-8-11-22(12-9-15)19(23)18(13-20)14-21-10-7-17-6-4-3-5-16(17)2/h3-6,14-15,21H,7-12H2,1-2H3/b18-14-. The van der Waals surface area contributed by atoms with E-state index in [-0.39, 0.29) is 11.5 Å². The van der Waals surface area contributed by atoms with E-state index in [4.69, 9.17) is 0 Å². The fraction of sp³-hybridized carbons (Fsp3) is 0.474. The van der Waals surface area contributed by atoms with Crippen molar-refractivity contribution in [3.05, 3.63) is 47.2 Å². The van der Waals surface area contributed by atoms with Crippen molar-refractivity contribution < 1.29 is 4.79 Å². The number of nitrogens with zero attached hydrogens (tertiary/aromatic N) is 2. The first-order valence-electron chi connectivity index (χ1n) is 8.29. The molecule has 2 rings (SSSR count). The number of likely N-dealkylation sites (tertiary alicyclic amines) is 1. The molecule has 0 aliphatic carbocycles. The zero-order valence-corrected chi connectivity index (χ0v) is 14.0. The summed E-state index contributed by atoms with van der Waals surface area (Å²) in [5.41, 5.74) is 2.74. The number of carbonyl (C=O) groups is 1. The van der Waals surface area contributed by atoms with Gasteiger partial charge in [-0.05, 0) is 43.2 Å². The lowest BCUT2D eigenvalue weighted by molar-refractivity contribution is -0.128. The molecule has 0 bridgehead atoms. The summed E-state index contributed by atoms with van der Waals surface area (Å²) in [7, 11) is 0. The number of aryl methyl sites for hydroxylation is 1. The van der Waals surface area contributed by atoms with Crippen molar-refractivity contribution in [3.8, 4) is 6.07 Å². The van der Waals surface area contributed by atoms with Gasteiger partial charge in [0.25, 0.3) is 5.91 Å². The van der Waals surface area contributed by atoms with E-state index in [1.54, 1.807) is 11.1 Å². The maximum Gasteiger partial charge on any atom is 0.265 e. The van der Waals surface area contributed by atoms with Crippen LogP contribution in [0.25, 0.3) is 0 Å². The second kappa shape index (κ2) is 8.38. The Labute approximate surface area is 138 Å². The third kappa shape index (κ3) is 4.85. The van der Waals surface area contributed by atoms with Gasteiger partial charge >= 0.3 is 0 Å². The first-order valence-corrected chi connectivity index (χ1v) is 8.29. The number of benzene rings is 1. The van der Waals surface area contributed by atoms with Gasteiger partial charge in [-0.1, -0.05) is 31.2 Å². The summed E-state index contributed by atoms with van der Waals surface area (Å²) in [4.78, 5) is 14.1. The molecule has 4 nitrogen and oxygen atoms in total. The van der Waals surface area contributed by atoms with Crippen LogP contribution in [0.1, 0.15) is 30.9 Å². The summed E-state index contributed by atoms with van der Waals surface area (Å²) in [6, 6.07) is 10.3. The summed E-state index contributed by atoms with van der Waals surface area (Å²) in [5.74, 6) is 0.517. The molecule has 0 spiro atoms. The van der Waals surface area contributed by atoms with Crippen molar-refractivity contribution in [2.24, 2.45) is 5.92 Å². The first-order chi connectivity index (χ1) is 11.1. The number of rotatable bonds is 5. The Balaban J connectivity index is 1.85. The highest BCUT2D eigenvalue weighted by atomic mass is 16.2. The van der Waals surface area contributed by atoms with Gasteiger partial charge in [-0.25, -0.2) is 0 Å². The molecule has 1 N–H and O–H groups in total. The number of hydrogen-bond acceptors (Lipinski definition) is 3. The molecular formula is C19H25N3O.